The lowest BCUT2D eigenvalue weighted by Gasteiger charge is -2.19. The molecule has 1 aliphatic rings. The third-order valence-electron chi connectivity index (χ3n) is 3.43. The van der Waals surface area contributed by atoms with Gasteiger partial charge in [-0.05, 0) is 67.0 Å². The van der Waals surface area contributed by atoms with Crippen LogP contribution in [-0.4, -0.2) is 19.8 Å². The van der Waals surface area contributed by atoms with Gasteiger partial charge in [-0.3, -0.25) is 0 Å². The molecule has 0 bridgehead atoms. The Morgan fingerprint density at radius 1 is 1.47 bits per heavy atom. The summed E-state index contributed by atoms with van der Waals surface area (Å²) < 4.78 is 7.03. The molecule has 1 fully saturated rings. The first-order valence-electron chi connectivity index (χ1n) is 6.34. The molecule has 0 aliphatic carbocycles. The van der Waals surface area contributed by atoms with Gasteiger partial charge in [-0.15, -0.1) is 0 Å². The number of benzene rings is 1. The fraction of sp³-hybridized carbons (Fsp3) is 0.571. The number of hydrogen-bond donors (Lipinski definition) is 1. The minimum Gasteiger partial charge on any atom is -0.378 e. The van der Waals surface area contributed by atoms with Crippen LogP contribution in [0.4, 0.5) is 0 Å². The van der Waals surface area contributed by atoms with E-state index in [1.807, 2.05) is 7.05 Å². The van der Waals surface area contributed by atoms with E-state index in [1.165, 1.54) is 22.0 Å². The van der Waals surface area contributed by atoms with Gasteiger partial charge < -0.3 is 10.1 Å². The molecule has 1 heterocycles. The molecule has 0 radical (unpaired) electrons. The fourth-order valence-electron chi connectivity index (χ4n) is 2.44. The molecule has 0 aromatic heterocycles. The van der Waals surface area contributed by atoms with E-state index in [4.69, 9.17) is 4.74 Å². The third-order valence-corrected chi connectivity index (χ3v) is 4.41. The largest absolute Gasteiger partial charge is 0.378 e. The van der Waals surface area contributed by atoms with Crippen LogP contribution in [0.25, 0.3) is 0 Å². The fourth-order valence-corrected chi connectivity index (χ4v) is 3.20. The van der Waals surface area contributed by atoms with Crippen LogP contribution in [0.1, 0.15) is 37.3 Å². The van der Waals surface area contributed by atoms with Crippen molar-refractivity contribution in [2.45, 2.75) is 37.8 Å². The Bertz CT molecular complexity index is 350. The summed E-state index contributed by atoms with van der Waals surface area (Å²) in [5.41, 5.74) is 1.41. The van der Waals surface area contributed by atoms with Crippen molar-refractivity contribution in [3.63, 3.8) is 0 Å². The second-order valence-corrected chi connectivity index (χ2v) is 5.74. The first-order valence-corrected chi connectivity index (χ1v) is 7.42. The first kappa shape index (κ1) is 13.3. The summed E-state index contributed by atoms with van der Waals surface area (Å²) in [6.45, 7) is 0.956. The monoisotopic (exact) mass is 345 g/mol. The summed E-state index contributed by atoms with van der Waals surface area (Å²) in [6, 6.07) is 9.06. The van der Waals surface area contributed by atoms with Crippen molar-refractivity contribution in [3.8, 4) is 0 Å². The highest BCUT2D eigenvalue weighted by molar-refractivity contribution is 14.1. The minimum atomic E-state index is 0.451. The number of halogens is 1. The molecule has 2 rings (SSSR count). The van der Waals surface area contributed by atoms with Gasteiger partial charge in [-0.25, -0.2) is 0 Å². The van der Waals surface area contributed by atoms with Crippen LogP contribution in [0.2, 0.25) is 0 Å². The molecular formula is C14H20INO. The van der Waals surface area contributed by atoms with E-state index in [2.05, 4.69) is 52.2 Å². The summed E-state index contributed by atoms with van der Waals surface area (Å²) in [5, 5.41) is 3.42. The summed E-state index contributed by atoms with van der Waals surface area (Å²) in [5.74, 6) is 0. The van der Waals surface area contributed by atoms with Crippen molar-refractivity contribution in [2.75, 3.05) is 13.7 Å². The van der Waals surface area contributed by atoms with E-state index in [0.29, 0.717) is 12.1 Å². The van der Waals surface area contributed by atoms with Gasteiger partial charge in [0.25, 0.3) is 0 Å². The Morgan fingerprint density at radius 2 is 2.29 bits per heavy atom. The van der Waals surface area contributed by atoms with Gasteiger partial charge in [0, 0.05) is 16.2 Å². The van der Waals surface area contributed by atoms with Crippen molar-refractivity contribution in [2.24, 2.45) is 0 Å². The van der Waals surface area contributed by atoms with Crippen molar-refractivity contribution < 1.29 is 4.74 Å². The molecule has 0 saturated carbocycles. The smallest absolute Gasteiger partial charge is 0.0576 e. The molecule has 1 aliphatic heterocycles. The third kappa shape index (κ3) is 3.66. The summed E-state index contributed by atoms with van der Waals surface area (Å²) >= 11 is 2.42. The van der Waals surface area contributed by atoms with E-state index >= 15 is 0 Å². The van der Waals surface area contributed by atoms with Crippen molar-refractivity contribution in [1.29, 1.82) is 0 Å². The minimum absolute atomic E-state index is 0.451. The molecule has 2 unspecified atom stereocenters. The predicted molar refractivity (Wildman–Crippen MR) is 79.2 cm³/mol. The highest BCUT2D eigenvalue weighted by Gasteiger charge is 2.18. The second kappa shape index (κ2) is 6.71. The van der Waals surface area contributed by atoms with Crippen LogP contribution < -0.4 is 5.32 Å². The van der Waals surface area contributed by atoms with Gasteiger partial charge in [-0.1, -0.05) is 18.2 Å². The number of ether oxygens (including phenoxy) is 1. The molecule has 2 nitrogen and oxygen atoms in total. The SMILES string of the molecule is CNC(CCC1CCCO1)c1ccccc1I. The van der Waals surface area contributed by atoms with Gasteiger partial charge in [0.2, 0.25) is 0 Å². The highest BCUT2D eigenvalue weighted by atomic mass is 127. The number of rotatable bonds is 5. The van der Waals surface area contributed by atoms with Gasteiger partial charge in [0.15, 0.2) is 0 Å². The molecular weight excluding hydrogens is 325 g/mol. The van der Waals surface area contributed by atoms with Gasteiger partial charge in [0.1, 0.15) is 0 Å². The lowest BCUT2D eigenvalue weighted by molar-refractivity contribution is 0.0998. The second-order valence-electron chi connectivity index (χ2n) is 4.58. The number of hydrogen-bond acceptors (Lipinski definition) is 2. The van der Waals surface area contributed by atoms with Gasteiger partial charge in [0.05, 0.1) is 6.10 Å². The molecule has 0 amide bonds. The molecule has 94 valence electrons. The Kier molecular flexibility index (Phi) is 5.25. The van der Waals surface area contributed by atoms with Crippen LogP contribution in [0.3, 0.4) is 0 Å². The maximum absolute atomic E-state index is 5.68. The molecule has 1 saturated heterocycles. The van der Waals surface area contributed by atoms with Crippen LogP contribution >= 0.6 is 22.6 Å². The molecule has 1 aromatic carbocycles. The summed E-state index contributed by atoms with van der Waals surface area (Å²) in [7, 11) is 2.04. The molecule has 1 N–H and O–H groups in total. The topological polar surface area (TPSA) is 21.3 Å². The zero-order valence-corrected chi connectivity index (χ0v) is 12.4. The van der Waals surface area contributed by atoms with Crippen LogP contribution in [0, 0.1) is 3.57 Å². The van der Waals surface area contributed by atoms with E-state index in [0.717, 1.165) is 19.4 Å². The van der Waals surface area contributed by atoms with E-state index in [-0.39, 0.29) is 0 Å². The maximum Gasteiger partial charge on any atom is 0.0576 e. The van der Waals surface area contributed by atoms with Crippen LogP contribution in [0.15, 0.2) is 24.3 Å². The molecule has 3 heteroatoms. The lowest BCUT2D eigenvalue weighted by atomic mass is 9.99. The van der Waals surface area contributed by atoms with E-state index in [9.17, 15) is 0 Å². The molecule has 17 heavy (non-hydrogen) atoms. The molecule has 0 spiro atoms. The average Bonchev–Trinajstić information content (AvgIpc) is 2.85. The highest BCUT2D eigenvalue weighted by Crippen LogP contribution is 2.26. The zero-order chi connectivity index (χ0) is 12.1. The van der Waals surface area contributed by atoms with Crippen molar-refractivity contribution in [3.05, 3.63) is 33.4 Å². The first-order chi connectivity index (χ1) is 8.31. The molecule has 1 aromatic rings. The quantitative estimate of drug-likeness (QED) is 0.825. The standard InChI is InChI=1S/C14H20INO/c1-16-14(9-8-11-5-4-10-17-11)12-6-2-3-7-13(12)15/h2-3,6-7,11,14,16H,4-5,8-10H2,1H3. The summed E-state index contributed by atoms with van der Waals surface area (Å²) in [4.78, 5) is 0. The number of nitrogens with one attached hydrogen (secondary N) is 1. The van der Waals surface area contributed by atoms with Crippen molar-refractivity contribution >= 4 is 22.6 Å². The van der Waals surface area contributed by atoms with E-state index in [1.54, 1.807) is 0 Å². The normalized spacial score (nSPS) is 21.6. The average molecular weight is 345 g/mol. The Hall–Kier alpha value is -0.130. The predicted octanol–water partition coefficient (Wildman–Crippen LogP) is 3.51. The van der Waals surface area contributed by atoms with Crippen molar-refractivity contribution in [1.82, 2.24) is 5.32 Å². The molecule has 2 atom stereocenters. The maximum atomic E-state index is 5.68. The van der Waals surface area contributed by atoms with Gasteiger partial charge >= 0.3 is 0 Å². The Morgan fingerprint density at radius 3 is 2.94 bits per heavy atom. The van der Waals surface area contributed by atoms with Crippen LogP contribution in [0.5, 0.6) is 0 Å². The van der Waals surface area contributed by atoms with E-state index < -0.39 is 0 Å². The lowest BCUT2D eigenvalue weighted by Crippen LogP contribution is -2.19. The Labute approximate surface area is 117 Å². The Balaban J connectivity index is 1.94. The summed E-state index contributed by atoms with van der Waals surface area (Å²) in [6.07, 6.45) is 5.28. The van der Waals surface area contributed by atoms with Crippen LogP contribution in [-0.2, 0) is 4.74 Å². The van der Waals surface area contributed by atoms with Gasteiger partial charge in [-0.2, -0.15) is 0 Å². The zero-order valence-electron chi connectivity index (χ0n) is 10.3.